The Labute approximate surface area is 152 Å². The fourth-order valence-corrected chi connectivity index (χ4v) is 2.94. The van der Waals surface area contributed by atoms with E-state index in [1.807, 2.05) is 0 Å². The Bertz CT molecular complexity index is 489. The smallest absolute Gasteiger partial charge is 0.314 e. The highest BCUT2D eigenvalue weighted by Gasteiger charge is 2.44. The van der Waals surface area contributed by atoms with E-state index in [9.17, 15) is 26.3 Å². The first-order valence-corrected chi connectivity index (χ1v) is 7.36. The Morgan fingerprint density at radius 1 is 0.917 bits per heavy atom. The summed E-state index contributed by atoms with van der Waals surface area (Å²) in [7, 11) is 0. The van der Waals surface area contributed by atoms with E-state index in [0.29, 0.717) is 13.1 Å². The van der Waals surface area contributed by atoms with Crippen molar-refractivity contribution in [1.82, 2.24) is 10.2 Å². The molecular weight excluding hydrogens is 401 g/mol. The van der Waals surface area contributed by atoms with Gasteiger partial charge in [0.05, 0.1) is 0 Å². The lowest BCUT2D eigenvalue weighted by Crippen LogP contribution is -2.49. The first-order chi connectivity index (χ1) is 10.2. The van der Waals surface area contributed by atoms with Crippen LogP contribution in [0.25, 0.3) is 0 Å². The maximum atomic E-state index is 13.3. The molecular formula is C13H16Cl2F6N2S. The molecule has 1 aliphatic rings. The zero-order valence-electron chi connectivity index (χ0n) is 12.2. The molecule has 0 unspecified atom stereocenters. The molecule has 2 rings (SSSR count). The quantitative estimate of drug-likeness (QED) is 0.570. The zero-order valence-corrected chi connectivity index (χ0v) is 14.6. The Hall–Kier alpha value is -0.350. The minimum atomic E-state index is -4.48. The number of halogens is 8. The zero-order chi connectivity index (χ0) is 16.4. The number of nitrogens with zero attached hydrogens (tertiary/aromatic N) is 1. The molecule has 2 nitrogen and oxygen atoms in total. The van der Waals surface area contributed by atoms with E-state index in [-0.39, 0.29) is 60.1 Å². The standard InChI is InChI=1S/C13H14F6N2S.2ClH/c14-12(15,16)11(21-7-5-20-6-8-21)9-1-3-10(4-2-9)22-13(17,18)19;;/h1-4,11,20H,5-8H2;2*1H/t11-;;/m1../s1. The van der Waals surface area contributed by atoms with Crippen LogP contribution in [0.1, 0.15) is 11.6 Å². The fraction of sp³-hybridized carbons (Fsp3) is 0.538. The Morgan fingerprint density at radius 2 is 1.42 bits per heavy atom. The molecule has 0 radical (unpaired) electrons. The molecule has 0 spiro atoms. The van der Waals surface area contributed by atoms with Crippen LogP contribution in [0.3, 0.4) is 0 Å². The maximum absolute atomic E-state index is 13.3. The molecule has 0 bridgehead atoms. The van der Waals surface area contributed by atoms with Crippen molar-refractivity contribution in [2.75, 3.05) is 26.2 Å². The molecule has 1 aliphatic heterocycles. The molecule has 1 saturated heterocycles. The van der Waals surface area contributed by atoms with Gasteiger partial charge in [-0.2, -0.15) is 26.3 Å². The van der Waals surface area contributed by atoms with Crippen molar-refractivity contribution in [3.8, 4) is 0 Å². The maximum Gasteiger partial charge on any atom is 0.446 e. The summed E-state index contributed by atoms with van der Waals surface area (Å²) in [6.45, 7) is 1.38. The van der Waals surface area contributed by atoms with Crippen LogP contribution in [0, 0.1) is 0 Å². The van der Waals surface area contributed by atoms with Gasteiger partial charge in [0.2, 0.25) is 0 Å². The molecule has 0 amide bonds. The number of rotatable bonds is 3. The van der Waals surface area contributed by atoms with E-state index in [1.165, 1.54) is 4.90 Å². The lowest BCUT2D eigenvalue weighted by Gasteiger charge is -2.36. The molecule has 0 aliphatic carbocycles. The second kappa shape index (κ2) is 9.38. The van der Waals surface area contributed by atoms with Crippen molar-refractivity contribution < 1.29 is 26.3 Å². The predicted molar refractivity (Wildman–Crippen MR) is 86.1 cm³/mol. The molecule has 1 aromatic carbocycles. The highest BCUT2D eigenvalue weighted by atomic mass is 35.5. The van der Waals surface area contributed by atoms with Crippen molar-refractivity contribution in [2.45, 2.75) is 22.6 Å². The van der Waals surface area contributed by atoms with Gasteiger partial charge in [0.25, 0.3) is 0 Å². The minimum Gasteiger partial charge on any atom is -0.314 e. The van der Waals surface area contributed by atoms with Crippen molar-refractivity contribution in [3.63, 3.8) is 0 Å². The lowest BCUT2D eigenvalue weighted by atomic mass is 10.0. The van der Waals surface area contributed by atoms with E-state index in [1.54, 1.807) is 0 Å². The highest BCUT2D eigenvalue weighted by Crippen LogP contribution is 2.40. The van der Waals surface area contributed by atoms with Gasteiger partial charge in [-0.15, -0.1) is 24.8 Å². The minimum absolute atomic E-state index is 0. The summed E-state index contributed by atoms with van der Waals surface area (Å²) in [5.41, 5.74) is -4.50. The second-order valence-electron chi connectivity index (χ2n) is 4.85. The number of thioether (sulfide) groups is 1. The first kappa shape index (κ1) is 23.6. The molecule has 1 fully saturated rings. The van der Waals surface area contributed by atoms with Crippen molar-refractivity contribution >= 4 is 36.6 Å². The van der Waals surface area contributed by atoms with Crippen molar-refractivity contribution in [1.29, 1.82) is 0 Å². The molecule has 1 heterocycles. The summed E-state index contributed by atoms with van der Waals surface area (Å²) in [6, 6.07) is 2.60. The van der Waals surface area contributed by atoms with E-state index < -0.39 is 17.7 Å². The number of hydrogen-bond acceptors (Lipinski definition) is 3. The number of alkyl halides is 6. The van der Waals surface area contributed by atoms with Gasteiger partial charge in [0.15, 0.2) is 0 Å². The number of piperazine rings is 1. The summed E-state index contributed by atoms with van der Waals surface area (Å²) in [6.07, 6.45) is -4.48. The first-order valence-electron chi connectivity index (χ1n) is 6.54. The van der Waals surface area contributed by atoms with Crippen LogP contribution in [0.2, 0.25) is 0 Å². The fourth-order valence-electron chi connectivity index (χ4n) is 2.40. The number of nitrogens with one attached hydrogen (secondary N) is 1. The average Bonchev–Trinajstić information content (AvgIpc) is 2.39. The van der Waals surface area contributed by atoms with Crippen LogP contribution in [0.4, 0.5) is 26.3 Å². The van der Waals surface area contributed by atoms with E-state index in [4.69, 9.17) is 0 Å². The predicted octanol–water partition coefficient (Wildman–Crippen LogP) is 4.65. The van der Waals surface area contributed by atoms with Gasteiger partial charge >= 0.3 is 11.7 Å². The summed E-state index contributed by atoms with van der Waals surface area (Å²) in [5.74, 6) is 0. The Balaban J connectivity index is 0.00000264. The molecule has 140 valence electrons. The van der Waals surface area contributed by atoms with Crippen LogP contribution in [-0.4, -0.2) is 42.8 Å². The number of benzene rings is 1. The monoisotopic (exact) mass is 416 g/mol. The Morgan fingerprint density at radius 3 is 1.83 bits per heavy atom. The summed E-state index contributed by atoms with van der Waals surface area (Å²) >= 11 is -0.341. The second-order valence-corrected chi connectivity index (χ2v) is 5.99. The third-order valence-corrected chi connectivity index (χ3v) is 4.00. The molecule has 11 heteroatoms. The van der Waals surface area contributed by atoms with E-state index >= 15 is 0 Å². The molecule has 24 heavy (non-hydrogen) atoms. The highest BCUT2D eigenvalue weighted by molar-refractivity contribution is 8.00. The van der Waals surface area contributed by atoms with Crippen LogP contribution in [0.15, 0.2) is 29.2 Å². The van der Waals surface area contributed by atoms with Gasteiger partial charge in [-0.1, -0.05) is 12.1 Å². The van der Waals surface area contributed by atoms with Gasteiger partial charge in [-0.05, 0) is 29.5 Å². The molecule has 0 saturated carbocycles. The van der Waals surface area contributed by atoms with E-state index in [0.717, 1.165) is 24.3 Å². The molecule has 1 N–H and O–H groups in total. The Kier molecular flexibility index (Phi) is 9.24. The molecule has 0 aromatic heterocycles. The van der Waals surface area contributed by atoms with Gasteiger partial charge in [0.1, 0.15) is 6.04 Å². The summed E-state index contributed by atoms with van der Waals surface area (Å²) in [5, 5.41) is 2.97. The van der Waals surface area contributed by atoms with Gasteiger partial charge in [0, 0.05) is 31.1 Å². The number of hydrogen-bond donors (Lipinski definition) is 1. The van der Waals surface area contributed by atoms with Crippen LogP contribution < -0.4 is 5.32 Å². The third kappa shape index (κ3) is 6.87. The van der Waals surface area contributed by atoms with Gasteiger partial charge in [-0.25, -0.2) is 0 Å². The summed E-state index contributed by atoms with van der Waals surface area (Å²) < 4.78 is 76.7. The van der Waals surface area contributed by atoms with Crippen LogP contribution in [-0.2, 0) is 0 Å². The van der Waals surface area contributed by atoms with E-state index in [2.05, 4.69) is 5.32 Å². The molecule has 1 atom stereocenters. The normalized spacial score (nSPS) is 17.6. The van der Waals surface area contributed by atoms with Crippen molar-refractivity contribution in [3.05, 3.63) is 29.8 Å². The average molecular weight is 417 g/mol. The van der Waals surface area contributed by atoms with Gasteiger partial charge in [-0.3, -0.25) is 4.90 Å². The van der Waals surface area contributed by atoms with Crippen LogP contribution >= 0.6 is 36.6 Å². The third-order valence-electron chi connectivity index (χ3n) is 3.26. The SMILES string of the molecule is Cl.Cl.FC(F)(F)Sc1ccc([C@@H](N2CCNCC2)C(F)(F)F)cc1. The lowest BCUT2D eigenvalue weighted by molar-refractivity contribution is -0.187. The van der Waals surface area contributed by atoms with Crippen LogP contribution in [0.5, 0.6) is 0 Å². The molecule has 1 aromatic rings. The largest absolute Gasteiger partial charge is 0.446 e. The van der Waals surface area contributed by atoms with Crippen molar-refractivity contribution in [2.24, 2.45) is 0 Å². The topological polar surface area (TPSA) is 15.3 Å². The summed E-state index contributed by atoms with van der Waals surface area (Å²) in [4.78, 5) is 1.17. The van der Waals surface area contributed by atoms with Gasteiger partial charge < -0.3 is 5.32 Å².